The van der Waals surface area contributed by atoms with E-state index in [0.29, 0.717) is 23.0 Å². The maximum Gasteiger partial charge on any atom is 0.315 e. The number of benzene rings is 2. The van der Waals surface area contributed by atoms with Gasteiger partial charge in [-0.25, -0.2) is 0 Å². The molecule has 0 unspecified atom stereocenters. The summed E-state index contributed by atoms with van der Waals surface area (Å²) in [5.41, 5.74) is 1.74. The highest BCUT2D eigenvalue weighted by Crippen LogP contribution is 2.58. The first kappa shape index (κ1) is 22.2. The van der Waals surface area contributed by atoms with Crippen LogP contribution in [0.3, 0.4) is 0 Å². The molecule has 0 bridgehead atoms. The molecule has 1 fully saturated rings. The molecular weight excluding hydrogens is 430 g/mol. The van der Waals surface area contributed by atoms with Gasteiger partial charge in [0.15, 0.2) is 17.2 Å². The molecule has 8 nitrogen and oxygen atoms in total. The lowest BCUT2D eigenvalue weighted by molar-refractivity contribution is -0.385. The third kappa shape index (κ3) is 4.20. The Morgan fingerprint density at radius 2 is 1.37 bits per heavy atom. The first-order valence-corrected chi connectivity index (χ1v) is 10.9. The largest absolute Gasteiger partial charge is 0.493 e. The first-order chi connectivity index (χ1) is 14.5. The fourth-order valence-corrected chi connectivity index (χ4v) is 6.53. The number of ether oxygens (including phenoxy) is 5. The Bertz CT molecular complexity index is 913. The minimum atomic E-state index is -0.453. The lowest BCUT2D eigenvalue weighted by Gasteiger charge is -2.17. The van der Waals surface area contributed by atoms with E-state index < -0.39 is 4.92 Å². The van der Waals surface area contributed by atoms with Gasteiger partial charge in [-0.2, -0.15) is 0 Å². The molecule has 30 heavy (non-hydrogen) atoms. The molecular formula is C20H23NO7S2. The Labute approximate surface area is 183 Å². The summed E-state index contributed by atoms with van der Waals surface area (Å²) in [6, 6.07) is 7.25. The average Bonchev–Trinajstić information content (AvgIpc) is 3.27. The molecule has 3 rings (SSSR count). The van der Waals surface area contributed by atoms with Crippen LogP contribution in [-0.4, -0.2) is 46.2 Å². The second-order valence-corrected chi connectivity index (χ2v) is 9.03. The first-order valence-electron chi connectivity index (χ1n) is 8.94. The second kappa shape index (κ2) is 9.57. The molecule has 0 aliphatic carbocycles. The van der Waals surface area contributed by atoms with Crippen LogP contribution in [0.1, 0.15) is 21.0 Å². The topological polar surface area (TPSA) is 89.3 Å². The molecule has 1 aliphatic heterocycles. The summed E-state index contributed by atoms with van der Waals surface area (Å²) in [6.07, 6.45) is 0. The normalized spacial score (nSPS) is 18.0. The molecule has 0 spiro atoms. The Kier molecular flexibility index (Phi) is 7.09. The van der Waals surface area contributed by atoms with Crippen molar-refractivity contribution in [2.75, 3.05) is 41.3 Å². The Balaban J connectivity index is 1.92. The predicted molar refractivity (Wildman–Crippen MR) is 118 cm³/mol. The smallest absolute Gasteiger partial charge is 0.315 e. The van der Waals surface area contributed by atoms with Gasteiger partial charge >= 0.3 is 5.69 Å². The fraction of sp³-hybridized carbons (Fsp3) is 0.400. The lowest BCUT2D eigenvalue weighted by Crippen LogP contribution is -2.00. The maximum atomic E-state index is 11.5. The molecule has 0 aromatic heterocycles. The standard InChI is InChI=1S/C20H23NO7S2/c1-24-14-9-12(6-13(21(22)23)18(14)27-4)20-29-10-17(30-20)11-7-15(25-2)19(28-5)16(8-11)26-3/h6-9,17,20H,10H2,1-5H3/t17-,20-/m1/s1. The fourth-order valence-electron chi connectivity index (χ4n) is 3.28. The molecule has 0 N–H and O–H groups in total. The van der Waals surface area contributed by atoms with Gasteiger partial charge in [0.25, 0.3) is 0 Å². The highest BCUT2D eigenvalue weighted by molar-refractivity contribution is 8.19. The van der Waals surface area contributed by atoms with Crippen molar-refractivity contribution in [3.05, 3.63) is 45.5 Å². The predicted octanol–water partition coefficient (Wildman–Crippen LogP) is 4.86. The van der Waals surface area contributed by atoms with E-state index >= 15 is 0 Å². The quantitative estimate of drug-likeness (QED) is 0.411. The molecule has 162 valence electrons. The lowest BCUT2D eigenvalue weighted by atomic mass is 10.1. The molecule has 1 saturated heterocycles. The summed E-state index contributed by atoms with van der Waals surface area (Å²) in [6.45, 7) is 0. The van der Waals surface area contributed by atoms with Gasteiger partial charge < -0.3 is 23.7 Å². The third-order valence-corrected chi connectivity index (χ3v) is 8.04. The van der Waals surface area contributed by atoms with E-state index in [1.807, 2.05) is 12.1 Å². The molecule has 2 atom stereocenters. The number of hydrogen-bond donors (Lipinski definition) is 0. The molecule has 2 aromatic rings. The third-order valence-electron chi connectivity index (χ3n) is 4.70. The molecule has 0 radical (unpaired) electrons. The van der Waals surface area contributed by atoms with Crippen LogP contribution in [0.15, 0.2) is 24.3 Å². The molecule has 0 amide bonds. The zero-order valence-electron chi connectivity index (χ0n) is 17.3. The van der Waals surface area contributed by atoms with Crippen molar-refractivity contribution in [2.45, 2.75) is 9.83 Å². The zero-order valence-corrected chi connectivity index (χ0v) is 18.9. The minimum absolute atomic E-state index is 0.00703. The van der Waals surface area contributed by atoms with Crippen LogP contribution in [0.25, 0.3) is 0 Å². The zero-order chi connectivity index (χ0) is 21.8. The van der Waals surface area contributed by atoms with Crippen molar-refractivity contribution in [3.8, 4) is 28.7 Å². The number of nitro groups is 1. The minimum Gasteiger partial charge on any atom is -0.493 e. The van der Waals surface area contributed by atoms with Crippen molar-refractivity contribution in [3.63, 3.8) is 0 Å². The van der Waals surface area contributed by atoms with Gasteiger partial charge in [-0.05, 0) is 29.3 Å². The van der Waals surface area contributed by atoms with Crippen LogP contribution in [0.2, 0.25) is 0 Å². The molecule has 10 heteroatoms. The van der Waals surface area contributed by atoms with Gasteiger partial charge in [0.2, 0.25) is 11.5 Å². The van der Waals surface area contributed by atoms with E-state index in [2.05, 4.69) is 0 Å². The maximum absolute atomic E-state index is 11.5. The van der Waals surface area contributed by atoms with E-state index in [1.165, 1.54) is 14.2 Å². The monoisotopic (exact) mass is 453 g/mol. The summed E-state index contributed by atoms with van der Waals surface area (Å²) in [7, 11) is 7.61. The summed E-state index contributed by atoms with van der Waals surface area (Å²) < 4.78 is 26.8. The van der Waals surface area contributed by atoms with E-state index in [-0.39, 0.29) is 21.3 Å². The summed E-state index contributed by atoms with van der Waals surface area (Å²) in [5.74, 6) is 3.05. The molecule has 2 aromatic carbocycles. The number of hydrogen-bond acceptors (Lipinski definition) is 9. The number of rotatable bonds is 8. The van der Waals surface area contributed by atoms with Crippen molar-refractivity contribution in [2.24, 2.45) is 0 Å². The molecule has 1 aliphatic rings. The Morgan fingerprint density at radius 3 is 1.87 bits per heavy atom. The van der Waals surface area contributed by atoms with E-state index in [0.717, 1.165) is 16.9 Å². The Hall–Kier alpha value is -2.46. The highest BCUT2D eigenvalue weighted by Gasteiger charge is 2.33. The number of thioether (sulfide) groups is 2. The van der Waals surface area contributed by atoms with Crippen LogP contribution in [0, 0.1) is 10.1 Å². The van der Waals surface area contributed by atoms with Crippen LogP contribution in [0.5, 0.6) is 28.7 Å². The van der Waals surface area contributed by atoms with Gasteiger partial charge in [-0.15, -0.1) is 23.5 Å². The van der Waals surface area contributed by atoms with Crippen LogP contribution >= 0.6 is 23.5 Å². The van der Waals surface area contributed by atoms with Crippen molar-refractivity contribution < 1.29 is 28.6 Å². The number of nitrogens with zero attached hydrogens (tertiary/aromatic N) is 1. The van der Waals surface area contributed by atoms with Gasteiger partial charge in [0.1, 0.15) is 0 Å². The van der Waals surface area contributed by atoms with Gasteiger partial charge in [-0.3, -0.25) is 10.1 Å². The summed E-state index contributed by atoms with van der Waals surface area (Å²) in [5, 5.41) is 11.7. The van der Waals surface area contributed by atoms with Crippen molar-refractivity contribution in [1.29, 1.82) is 0 Å². The number of nitro benzene ring substituents is 1. The number of methoxy groups -OCH3 is 5. The average molecular weight is 454 g/mol. The van der Waals surface area contributed by atoms with Crippen LogP contribution in [0.4, 0.5) is 5.69 Å². The second-order valence-electron chi connectivity index (χ2n) is 6.28. The highest BCUT2D eigenvalue weighted by atomic mass is 32.2. The molecule has 0 saturated carbocycles. The SMILES string of the molecule is COc1cc([C@H]2CS[C@@H](c3cc(OC)c(OC)c([N+](=O)[O-])c3)S2)cc(OC)c1OC. The van der Waals surface area contributed by atoms with Gasteiger partial charge in [0, 0.05) is 17.1 Å². The van der Waals surface area contributed by atoms with E-state index in [9.17, 15) is 10.1 Å². The van der Waals surface area contributed by atoms with Crippen molar-refractivity contribution >= 4 is 29.2 Å². The van der Waals surface area contributed by atoms with Crippen LogP contribution < -0.4 is 23.7 Å². The summed E-state index contributed by atoms with van der Waals surface area (Å²) >= 11 is 3.43. The summed E-state index contributed by atoms with van der Waals surface area (Å²) in [4.78, 5) is 11.1. The molecule has 1 heterocycles. The van der Waals surface area contributed by atoms with Gasteiger partial charge in [-0.1, -0.05) is 0 Å². The van der Waals surface area contributed by atoms with E-state index in [1.54, 1.807) is 57.0 Å². The van der Waals surface area contributed by atoms with Gasteiger partial charge in [0.05, 0.1) is 45.1 Å². The van der Waals surface area contributed by atoms with E-state index in [4.69, 9.17) is 23.7 Å². The van der Waals surface area contributed by atoms with Crippen molar-refractivity contribution in [1.82, 2.24) is 0 Å². The Morgan fingerprint density at radius 1 is 0.833 bits per heavy atom. The van der Waals surface area contributed by atoms with Crippen LogP contribution in [-0.2, 0) is 0 Å².